The molecule has 1 fully saturated rings. The van der Waals surface area contributed by atoms with Crippen molar-refractivity contribution in [3.05, 3.63) is 12.3 Å². The van der Waals surface area contributed by atoms with Crippen LogP contribution in [0.3, 0.4) is 0 Å². The van der Waals surface area contributed by atoms with E-state index in [4.69, 9.17) is 5.26 Å². The Hall–Kier alpha value is -3.02. The molecule has 3 amide bonds. The molecule has 1 aromatic rings. The number of nitrogens with one attached hydrogen (secondary N) is 3. The minimum absolute atomic E-state index is 0.00797. The lowest BCUT2D eigenvalue weighted by Crippen LogP contribution is -2.52. The smallest absolute Gasteiger partial charge is 0.318 e. The summed E-state index contributed by atoms with van der Waals surface area (Å²) in [5.41, 5.74) is 1.66. The molecule has 1 saturated heterocycles. The molecule has 0 unspecified atom stereocenters. The van der Waals surface area contributed by atoms with Gasteiger partial charge in [-0.15, -0.1) is 0 Å². The van der Waals surface area contributed by atoms with Crippen LogP contribution >= 0.6 is 0 Å². The molecule has 122 valence electrons. The molecule has 1 aromatic heterocycles. The van der Waals surface area contributed by atoms with Gasteiger partial charge in [-0.25, -0.2) is 9.78 Å². The summed E-state index contributed by atoms with van der Waals surface area (Å²) >= 11 is 0. The third-order valence-electron chi connectivity index (χ3n) is 3.60. The van der Waals surface area contributed by atoms with E-state index in [9.17, 15) is 9.59 Å². The summed E-state index contributed by atoms with van der Waals surface area (Å²) < 4.78 is 0. The monoisotopic (exact) mass is 317 g/mol. The van der Waals surface area contributed by atoms with E-state index in [0.29, 0.717) is 38.4 Å². The third-order valence-corrected chi connectivity index (χ3v) is 3.60. The fourth-order valence-electron chi connectivity index (χ4n) is 2.50. The first-order valence-electron chi connectivity index (χ1n) is 7.23. The second kappa shape index (κ2) is 7.84. The SMILES string of the molecule is CNc1c(N2CCN(C(=O)NCC#N)CC2)ccnc1NC=O. The lowest BCUT2D eigenvalue weighted by Gasteiger charge is -2.36. The average molecular weight is 317 g/mol. The highest BCUT2D eigenvalue weighted by molar-refractivity contribution is 5.86. The topological polar surface area (TPSA) is 113 Å². The van der Waals surface area contributed by atoms with Crippen molar-refractivity contribution in [3.63, 3.8) is 0 Å². The first-order chi connectivity index (χ1) is 11.2. The van der Waals surface area contributed by atoms with Crippen molar-refractivity contribution in [2.75, 3.05) is 55.3 Å². The second-order valence-electron chi connectivity index (χ2n) is 4.86. The molecule has 9 heteroatoms. The Morgan fingerprint density at radius 1 is 1.43 bits per heavy atom. The molecule has 0 aromatic carbocycles. The van der Waals surface area contributed by atoms with Crippen LogP contribution in [-0.4, -0.2) is 62.1 Å². The lowest BCUT2D eigenvalue weighted by molar-refractivity contribution is -0.105. The third kappa shape index (κ3) is 3.79. The number of hydrogen-bond donors (Lipinski definition) is 3. The summed E-state index contributed by atoms with van der Waals surface area (Å²) in [7, 11) is 1.77. The van der Waals surface area contributed by atoms with Gasteiger partial charge in [0, 0.05) is 39.4 Å². The van der Waals surface area contributed by atoms with Gasteiger partial charge in [0.2, 0.25) is 6.41 Å². The van der Waals surface area contributed by atoms with E-state index in [1.54, 1.807) is 18.1 Å². The summed E-state index contributed by atoms with van der Waals surface area (Å²) in [5, 5.41) is 16.7. The number of rotatable bonds is 5. The van der Waals surface area contributed by atoms with Crippen molar-refractivity contribution in [2.24, 2.45) is 0 Å². The van der Waals surface area contributed by atoms with Gasteiger partial charge in [0.1, 0.15) is 12.2 Å². The number of urea groups is 1. The first kappa shape index (κ1) is 16.4. The number of nitrogens with zero attached hydrogens (tertiary/aromatic N) is 4. The number of carbonyl (C=O) groups excluding carboxylic acids is 2. The highest BCUT2D eigenvalue weighted by Gasteiger charge is 2.23. The van der Waals surface area contributed by atoms with Gasteiger partial charge in [-0.2, -0.15) is 5.26 Å². The molecule has 1 aliphatic rings. The van der Waals surface area contributed by atoms with Crippen LogP contribution in [0.15, 0.2) is 12.3 Å². The molecule has 9 nitrogen and oxygen atoms in total. The van der Waals surface area contributed by atoms with Crippen molar-refractivity contribution in [1.29, 1.82) is 5.26 Å². The van der Waals surface area contributed by atoms with E-state index in [0.717, 1.165) is 11.4 Å². The number of nitriles is 1. The van der Waals surface area contributed by atoms with Gasteiger partial charge in [-0.05, 0) is 6.07 Å². The Bertz CT molecular complexity index is 606. The van der Waals surface area contributed by atoms with Gasteiger partial charge in [-0.3, -0.25) is 4.79 Å². The maximum absolute atomic E-state index is 11.8. The zero-order valence-electron chi connectivity index (χ0n) is 12.9. The normalized spacial score (nSPS) is 13.9. The van der Waals surface area contributed by atoms with E-state index >= 15 is 0 Å². The molecular weight excluding hydrogens is 298 g/mol. The molecule has 0 aliphatic carbocycles. The van der Waals surface area contributed by atoms with E-state index < -0.39 is 0 Å². The molecule has 2 heterocycles. The first-order valence-corrected chi connectivity index (χ1v) is 7.23. The number of hydrogen-bond acceptors (Lipinski definition) is 6. The summed E-state index contributed by atoms with van der Waals surface area (Å²) in [6.07, 6.45) is 2.22. The maximum atomic E-state index is 11.8. The molecule has 0 atom stereocenters. The highest BCUT2D eigenvalue weighted by Crippen LogP contribution is 2.31. The highest BCUT2D eigenvalue weighted by atomic mass is 16.2. The second-order valence-corrected chi connectivity index (χ2v) is 4.86. The van der Waals surface area contributed by atoms with E-state index in [2.05, 4.69) is 25.8 Å². The molecule has 23 heavy (non-hydrogen) atoms. The molecule has 0 radical (unpaired) electrons. The molecular formula is C14H19N7O2. The fraction of sp³-hybridized carbons (Fsp3) is 0.429. The van der Waals surface area contributed by atoms with Gasteiger partial charge < -0.3 is 25.8 Å². The maximum Gasteiger partial charge on any atom is 0.318 e. The van der Waals surface area contributed by atoms with Crippen LogP contribution in [0.4, 0.5) is 22.0 Å². The van der Waals surface area contributed by atoms with E-state index in [1.807, 2.05) is 12.1 Å². The number of piperazine rings is 1. The van der Waals surface area contributed by atoms with Crippen LogP contribution in [0.1, 0.15) is 0 Å². The zero-order valence-corrected chi connectivity index (χ0v) is 12.9. The van der Waals surface area contributed by atoms with Crippen LogP contribution in [-0.2, 0) is 4.79 Å². The lowest BCUT2D eigenvalue weighted by atomic mass is 10.2. The predicted octanol–water partition coefficient (Wildman–Crippen LogP) is 0.0468. The molecule has 3 N–H and O–H groups in total. The Balaban J connectivity index is 2.05. The molecule has 0 saturated carbocycles. The summed E-state index contributed by atoms with van der Waals surface area (Å²) in [5.74, 6) is 0.467. The van der Waals surface area contributed by atoms with Gasteiger partial charge in [-0.1, -0.05) is 0 Å². The fourth-order valence-corrected chi connectivity index (χ4v) is 2.50. The van der Waals surface area contributed by atoms with Crippen LogP contribution in [0.5, 0.6) is 0 Å². The average Bonchev–Trinajstić information content (AvgIpc) is 2.60. The van der Waals surface area contributed by atoms with Gasteiger partial charge in [0.15, 0.2) is 5.82 Å². The summed E-state index contributed by atoms with van der Waals surface area (Å²) in [4.78, 5) is 30.4. The number of carbonyl (C=O) groups is 2. The van der Waals surface area contributed by atoms with Crippen molar-refractivity contribution in [2.45, 2.75) is 0 Å². The number of amides is 3. The van der Waals surface area contributed by atoms with Crippen LogP contribution < -0.4 is 20.9 Å². The summed E-state index contributed by atoms with van der Waals surface area (Å²) in [6, 6.07) is 3.53. The van der Waals surface area contributed by atoms with Crippen LogP contribution in [0, 0.1) is 11.3 Å². The van der Waals surface area contributed by atoms with Gasteiger partial charge >= 0.3 is 6.03 Å². The van der Waals surface area contributed by atoms with Crippen molar-refractivity contribution in [3.8, 4) is 6.07 Å². The molecule has 0 bridgehead atoms. The van der Waals surface area contributed by atoms with E-state index in [-0.39, 0.29) is 12.6 Å². The largest absolute Gasteiger partial charge is 0.383 e. The quantitative estimate of drug-likeness (QED) is 0.522. The molecule has 2 rings (SSSR count). The Morgan fingerprint density at radius 3 is 2.78 bits per heavy atom. The zero-order chi connectivity index (χ0) is 16.7. The Kier molecular flexibility index (Phi) is 5.57. The number of aromatic nitrogens is 1. The van der Waals surface area contributed by atoms with Gasteiger partial charge in [0.25, 0.3) is 0 Å². The molecule has 0 spiro atoms. The molecule has 1 aliphatic heterocycles. The summed E-state index contributed by atoms with van der Waals surface area (Å²) in [6.45, 7) is 2.42. The van der Waals surface area contributed by atoms with Crippen molar-refractivity contribution < 1.29 is 9.59 Å². The van der Waals surface area contributed by atoms with Crippen LogP contribution in [0.25, 0.3) is 0 Å². The Morgan fingerprint density at radius 2 is 2.17 bits per heavy atom. The minimum atomic E-state index is -0.224. The predicted molar refractivity (Wildman–Crippen MR) is 86.3 cm³/mol. The number of anilines is 3. The standard InChI is InChI=1S/C14H19N7O2/c1-16-12-11(2-4-17-13(12)19-10-22)20-6-8-21(9-7-20)14(23)18-5-3-15/h2,4,10,16H,5-9H2,1H3,(H,18,23)(H,17,19,22). The van der Waals surface area contributed by atoms with Crippen LogP contribution in [0.2, 0.25) is 0 Å². The van der Waals surface area contributed by atoms with Crippen molar-refractivity contribution >= 4 is 29.6 Å². The van der Waals surface area contributed by atoms with E-state index in [1.165, 1.54) is 0 Å². The Labute approximate surface area is 134 Å². The van der Waals surface area contributed by atoms with Gasteiger partial charge in [0.05, 0.1) is 11.8 Å². The number of pyridine rings is 1. The van der Waals surface area contributed by atoms with Crippen molar-refractivity contribution in [1.82, 2.24) is 15.2 Å². The minimum Gasteiger partial charge on any atom is -0.383 e.